The van der Waals surface area contributed by atoms with Crippen LogP contribution in [0.3, 0.4) is 0 Å². The topological polar surface area (TPSA) is 101 Å². The molecule has 8 nitrogen and oxygen atoms in total. The third-order valence-corrected chi connectivity index (χ3v) is 4.74. The van der Waals surface area contributed by atoms with E-state index in [-0.39, 0.29) is 0 Å². The Balaban J connectivity index is 1.60. The Morgan fingerprint density at radius 3 is 2.79 bits per heavy atom. The number of rotatable bonds is 7. The van der Waals surface area contributed by atoms with Crippen molar-refractivity contribution < 1.29 is 13.5 Å². The fraction of sp³-hybridized carbons (Fsp3) is 0.100. The minimum absolute atomic E-state index is 0.301. The van der Waals surface area contributed by atoms with Gasteiger partial charge in [0.05, 0.1) is 12.8 Å². The van der Waals surface area contributed by atoms with Gasteiger partial charge in [0.1, 0.15) is 5.75 Å². The van der Waals surface area contributed by atoms with Crippen molar-refractivity contribution in [1.29, 1.82) is 0 Å². The zero-order chi connectivity index (χ0) is 20.2. The van der Waals surface area contributed by atoms with Gasteiger partial charge >= 0.3 is 0 Å². The summed E-state index contributed by atoms with van der Waals surface area (Å²) in [7, 11) is 1.62. The summed E-state index contributed by atoms with van der Waals surface area (Å²) in [4.78, 5) is 4.50. The van der Waals surface area contributed by atoms with Crippen LogP contribution in [-0.2, 0) is 17.8 Å². The third-order valence-electron chi connectivity index (χ3n) is 4.34. The SMILES string of the molecule is COc1ccccc1Nc1nc2ccc(-c3cccc(CNS(=O)O)c3)cn2n1. The average Bonchev–Trinajstić information content (AvgIpc) is 3.14. The van der Waals surface area contributed by atoms with Crippen molar-refractivity contribution in [2.75, 3.05) is 12.4 Å². The van der Waals surface area contributed by atoms with E-state index in [0.29, 0.717) is 23.9 Å². The second-order valence-electron chi connectivity index (χ2n) is 6.25. The van der Waals surface area contributed by atoms with Gasteiger partial charge in [-0.05, 0) is 41.5 Å². The van der Waals surface area contributed by atoms with E-state index in [0.717, 1.165) is 22.4 Å². The third kappa shape index (κ3) is 4.43. The van der Waals surface area contributed by atoms with E-state index in [1.54, 1.807) is 11.6 Å². The first kappa shape index (κ1) is 19.1. The summed E-state index contributed by atoms with van der Waals surface area (Å²) in [5.41, 5.74) is 4.33. The Morgan fingerprint density at radius 1 is 1.10 bits per heavy atom. The summed E-state index contributed by atoms with van der Waals surface area (Å²) < 4.78 is 29.2. The Morgan fingerprint density at radius 2 is 1.97 bits per heavy atom. The van der Waals surface area contributed by atoms with Crippen molar-refractivity contribution in [1.82, 2.24) is 19.3 Å². The number of methoxy groups -OCH3 is 1. The molecule has 0 saturated carbocycles. The molecule has 0 saturated heterocycles. The van der Waals surface area contributed by atoms with Crippen LogP contribution in [0.15, 0.2) is 66.9 Å². The molecule has 1 atom stereocenters. The smallest absolute Gasteiger partial charge is 0.247 e. The van der Waals surface area contributed by atoms with E-state index in [1.807, 2.05) is 66.9 Å². The van der Waals surface area contributed by atoms with Crippen molar-refractivity contribution in [3.63, 3.8) is 0 Å². The maximum atomic E-state index is 10.8. The first-order valence-corrected chi connectivity index (χ1v) is 9.93. The lowest BCUT2D eigenvalue weighted by molar-refractivity contribution is 0.417. The normalized spacial score (nSPS) is 12.1. The highest BCUT2D eigenvalue weighted by atomic mass is 32.2. The summed E-state index contributed by atoms with van der Waals surface area (Å²) in [6.07, 6.45) is 1.90. The molecule has 2 aromatic carbocycles. The van der Waals surface area contributed by atoms with Crippen LogP contribution in [0.5, 0.6) is 5.75 Å². The largest absolute Gasteiger partial charge is 0.495 e. The van der Waals surface area contributed by atoms with Crippen LogP contribution in [0.25, 0.3) is 16.8 Å². The van der Waals surface area contributed by atoms with E-state index in [4.69, 9.17) is 9.29 Å². The van der Waals surface area contributed by atoms with Gasteiger partial charge in [-0.15, -0.1) is 5.10 Å². The quantitative estimate of drug-likeness (QED) is 0.405. The number of hydrogen-bond acceptors (Lipinski definition) is 5. The molecule has 0 fully saturated rings. The van der Waals surface area contributed by atoms with Crippen LogP contribution in [0.2, 0.25) is 0 Å². The van der Waals surface area contributed by atoms with Gasteiger partial charge in [0.2, 0.25) is 17.2 Å². The van der Waals surface area contributed by atoms with Crippen LogP contribution in [0.1, 0.15) is 5.56 Å². The molecular weight excluding hydrogens is 390 g/mol. The Hall–Kier alpha value is -3.27. The maximum absolute atomic E-state index is 10.8. The number of aromatic nitrogens is 3. The molecule has 0 bridgehead atoms. The number of hydrogen-bond donors (Lipinski definition) is 3. The first-order chi connectivity index (χ1) is 14.1. The van der Waals surface area contributed by atoms with Gasteiger partial charge in [0.25, 0.3) is 0 Å². The van der Waals surface area contributed by atoms with E-state index in [9.17, 15) is 4.21 Å². The number of fused-ring (bicyclic) bond motifs is 1. The fourth-order valence-corrected chi connectivity index (χ4v) is 3.27. The number of para-hydroxylation sites is 2. The van der Waals surface area contributed by atoms with Crippen LogP contribution in [-0.4, -0.2) is 30.5 Å². The van der Waals surface area contributed by atoms with E-state index >= 15 is 0 Å². The van der Waals surface area contributed by atoms with E-state index < -0.39 is 11.3 Å². The van der Waals surface area contributed by atoms with Crippen molar-refractivity contribution >= 4 is 28.5 Å². The summed E-state index contributed by atoms with van der Waals surface area (Å²) >= 11 is -2.04. The maximum Gasteiger partial charge on any atom is 0.247 e. The molecule has 4 aromatic rings. The summed E-state index contributed by atoms with van der Waals surface area (Å²) in [5.74, 6) is 1.18. The highest BCUT2D eigenvalue weighted by molar-refractivity contribution is 7.77. The molecule has 0 aliphatic heterocycles. The molecule has 1 unspecified atom stereocenters. The van der Waals surface area contributed by atoms with Crippen LogP contribution >= 0.6 is 0 Å². The number of anilines is 2. The standard InChI is InChI=1S/C20H19N5O3S/c1-28-18-8-3-2-7-17(18)22-20-23-19-10-9-16(13-25(19)24-20)15-6-4-5-14(11-15)12-21-29(26)27/h2-11,13,21H,12H2,1H3,(H,22,24)(H,26,27). The molecule has 0 radical (unpaired) electrons. The van der Waals surface area contributed by atoms with Crippen molar-refractivity contribution in [2.24, 2.45) is 0 Å². The van der Waals surface area contributed by atoms with Crippen LogP contribution < -0.4 is 14.8 Å². The second-order valence-corrected chi connectivity index (χ2v) is 7.04. The Bertz CT molecular complexity index is 1180. The van der Waals surface area contributed by atoms with E-state index in [2.05, 4.69) is 20.1 Å². The van der Waals surface area contributed by atoms with Crippen LogP contribution in [0, 0.1) is 0 Å². The van der Waals surface area contributed by atoms with Gasteiger partial charge in [0.15, 0.2) is 5.65 Å². The Kier molecular flexibility index (Phi) is 5.52. The summed E-state index contributed by atoms with van der Waals surface area (Å²) in [6.45, 7) is 0.301. The van der Waals surface area contributed by atoms with Gasteiger partial charge < -0.3 is 10.1 Å². The zero-order valence-electron chi connectivity index (χ0n) is 15.6. The molecule has 4 rings (SSSR count). The van der Waals surface area contributed by atoms with Gasteiger partial charge in [-0.25, -0.2) is 13.4 Å². The lowest BCUT2D eigenvalue weighted by Gasteiger charge is -2.07. The molecule has 9 heteroatoms. The monoisotopic (exact) mass is 409 g/mol. The molecule has 29 heavy (non-hydrogen) atoms. The molecule has 2 heterocycles. The molecule has 0 spiro atoms. The lowest BCUT2D eigenvalue weighted by atomic mass is 10.0. The van der Waals surface area contributed by atoms with Gasteiger partial charge in [-0.3, -0.25) is 4.55 Å². The van der Waals surface area contributed by atoms with Gasteiger partial charge in [-0.2, -0.15) is 4.98 Å². The molecule has 3 N–H and O–H groups in total. The zero-order valence-corrected chi connectivity index (χ0v) is 16.4. The summed E-state index contributed by atoms with van der Waals surface area (Å²) in [5, 5.41) is 7.68. The number of pyridine rings is 1. The molecular formula is C20H19N5O3S. The average molecular weight is 409 g/mol. The van der Waals surface area contributed by atoms with Crippen molar-refractivity contribution in [3.8, 4) is 16.9 Å². The lowest BCUT2D eigenvalue weighted by Crippen LogP contribution is -2.15. The van der Waals surface area contributed by atoms with Crippen molar-refractivity contribution in [2.45, 2.75) is 6.54 Å². The molecule has 0 amide bonds. The second kappa shape index (κ2) is 8.39. The molecule has 148 valence electrons. The predicted octanol–water partition coefficient (Wildman–Crippen LogP) is 3.37. The van der Waals surface area contributed by atoms with Crippen LogP contribution in [0.4, 0.5) is 11.6 Å². The van der Waals surface area contributed by atoms with Crippen molar-refractivity contribution in [3.05, 3.63) is 72.4 Å². The molecule has 2 aromatic heterocycles. The highest BCUT2D eigenvalue weighted by Gasteiger charge is 2.09. The number of ether oxygens (including phenoxy) is 1. The minimum atomic E-state index is -2.04. The number of benzene rings is 2. The number of nitrogens with zero attached hydrogens (tertiary/aromatic N) is 3. The fourth-order valence-electron chi connectivity index (χ4n) is 2.98. The van der Waals surface area contributed by atoms with Gasteiger partial charge in [-0.1, -0.05) is 30.3 Å². The number of nitrogens with one attached hydrogen (secondary N) is 2. The predicted molar refractivity (Wildman–Crippen MR) is 112 cm³/mol. The van der Waals surface area contributed by atoms with Gasteiger partial charge in [0, 0.05) is 18.3 Å². The Labute approximate surface area is 170 Å². The molecule has 0 aliphatic carbocycles. The summed E-state index contributed by atoms with van der Waals surface area (Å²) in [6, 6.07) is 19.2. The van der Waals surface area contributed by atoms with E-state index in [1.165, 1.54) is 0 Å². The molecule has 0 aliphatic rings. The highest BCUT2D eigenvalue weighted by Crippen LogP contribution is 2.26. The minimum Gasteiger partial charge on any atom is -0.495 e. The first-order valence-electron chi connectivity index (χ1n) is 8.82.